The molecule has 0 aromatic heterocycles. The molecule has 0 aromatic rings. The largest absolute Gasteiger partial charge is 1.00 e. The summed E-state index contributed by atoms with van der Waals surface area (Å²) in [6, 6.07) is 0. The minimum absolute atomic E-state index is 0. The molecular weight excluding hydrogens is 172 g/mol. The lowest BCUT2D eigenvalue weighted by Crippen LogP contribution is -3.02. The fourth-order valence-electron chi connectivity index (χ4n) is 2.09. The fraction of sp³-hybridized carbons (Fsp3) is 1.00. The number of hydrogen-bond donors (Lipinski definition) is 2. The normalized spacial score (nSPS) is 29.5. The summed E-state index contributed by atoms with van der Waals surface area (Å²) in [5.74, 6) is 0. The lowest BCUT2D eigenvalue weighted by atomic mass is 9.85. The van der Waals surface area contributed by atoms with E-state index in [0.717, 1.165) is 0 Å². The Morgan fingerprint density at radius 1 is 0.917 bits per heavy atom. The Hall–Kier alpha value is 0.210. The minimum Gasteiger partial charge on any atom is -1.00 e. The predicted molar refractivity (Wildman–Crippen MR) is 47.3 cm³/mol. The van der Waals surface area contributed by atoms with E-state index in [-0.39, 0.29) is 29.1 Å². The summed E-state index contributed by atoms with van der Waals surface area (Å²) in [4.78, 5) is 0. The van der Waals surface area contributed by atoms with Crippen LogP contribution in [0.2, 0.25) is 0 Å². The van der Waals surface area contributed by atoms with E-state index >= 15 is 0 Å². The van der Waals surface area contributed by atoms with Crippen molar-refractivity contribution in [2.24, 2.45) is 0 Å². The van der Waals surface area contributed by atoms with Crippen molar-refractivity contribution in [3.8, 4) is 0 Å². The van der Waals surface area contributed by atoms with Gasteiger partial charge in [0.05, 0.1) is 5.54 Å². The van der Waals surface area contributed by atoms with Crippen molar-refractivity contribution < 1.29 is 17.7 Å². The molecule has 1 saturated heterocycles. The van der Waals surface area contributed by atoms with Crippen LogP contribution in [0.3, 0.4) is 0 Å². The Morgan fingerprint density at radius 3 is 1.42 bits per heavy atom. The van der Waals surface area contributed by atoms with Gasteiger partial charge in [-0.1, -0.05) is 0 Å². The number of nitrogens with two attached hydrogens (primary N) is 1. The first-order valence-corrected chi connectivity index (χ1v) is 4.33. The van der Waals surface area contributed by atoms with Crippen molar-refractivity contribution >= 4 is 0 Å². The first kappa shape index (κ1) is 12.2. The molecule has 0 bridgehead atoms. The minimum atomic E-state index is 0. The molecule has 0 amide bonds. The van der Waals surface area contributed by atoms with Crippen LogP contribution in [0.15, 0.2) is 0 Å². The van der Waals surface area contributed by atoms with Gasteiger partial charge in [0.1, 0.15) is 11.2 Å². The van der Waals surface area contributed by atoms with Gasteiger partial charge in [-0.25, -0.2) is 0 Å². The highest BCUT2D eigenvalue weighted by Crippen LogP contribution is 2.24. The summed E-state index contributed by atoms with van der Waals surface area (Å²) < 4.78 is 0. The van der Waals surface area contributed by atoms with Crippen LogP contribution in [0, 0.1) is 0 Å². The molecule has 0 aromatic carbocycles. The van der Waals surface area contributed by atoms with Crippen LogP contribution in [0.1, 0.15) is 41.5 Å². The lowest BCUT2D eigenvalue weighted by molar-refractivity contribution is -0.761. The van der Waals surface area contributed by atoms with Gasteiger partial charge in [0, 0.05) is 13.8 Å². The quantitative estimate of drug-likeness (QED) is 0.435. The molecule has 2 nitrogen and oxygen atoms in total. The molecule has 3 N–H and O–H groups in total. The summed E-state index contributed by atoms with van der Waals surface area (Å²) >= 11 is 0. The van der Waals surface area contributed by atoms with Crippen LogP contribution < -0.4 is 23.0 Å². The molecule has 1 heterocycles. The maximum Gasteiger partial charge on any atom is 0.145 e. The maximum absolute atomic E-state index is 3.60. The molecule has 0 saturated carbocycles. The molecule has 0 spiro atoms. The lowest BCUT2D eigenvalue weighted by Gasteiger charge is -2.29. The van der Waals surface area contributed by atoms with Gasteiger partial charge in [0.15, 0.2) is 0 Å². The second-order valence-electron chi connectivity index (χ2n) is 5.34. The van der Waals surface area contributed by atoms with Gasteiger partial charge in [0.2, 0.25) is 0 Å². The van der Waals surface area contributed by atoms with E-state index in [1.54, 1.807) is 0 Å². The Bertz CT molecular complexity index is 155. The van der Waals surface area contributed by atoms with Gasteiger partial charge in [-0.3, -0.25) is 5.32 Å². The molecule has 0 unspecified atom stereocenters. The molecule has 0 aliphatic carbocycles. The zero-order valence-corrected chi connectivity index (χ0v) is 9.71. The number of rotatable bonds is 0. The zero-order chi connectivity index (χ0) is 8.91. The van der Waals surface area contributed by atoms with Crippen molar-refractivity contribution in [2.75, 3.05) is 0 Å². The number of quaternary nitrogens is 1. The third-order valence-electron chi connectivity index (χ3n) is 2.97. The van der Waals surface area contributed by atoms with Crippen molar-refractivity contribution in [3.63, 3.8) is 0 Å². The van der Waals surface area contributed by atoms with Crippen LogP contribution in [0.25, 0.3) is 0 Å². The highest BCUT2D eigenvalue weighted by molar-refractivity contribution is 5.00. The fourth-order valence-corrected chi connectivity index (χ4v) is 2.09. The van der Waals surface area contributed by atoms with Crippen LogP contribution >= 0.6 is 0 Å². The molecular formula is C9H21ClN2. The first-order chi connectivity index (χ1) is 4.66. The van der Waals surface area contributed by atoms with E-state index in [1.165, 1.54) is 0 Å². The van der Waals surface area contributed by atoms with Gasteiger partial charge in [-0.15, -0.1) is 0 Å². The Balaban J connectivity index is 0.00000121. The summed E-state index contributed by atoms with van der Waals surface area (Å²) in [5.41, 5.74) is 0.694. The van der Waals surface area contributed by atoms with Crippen LogP contribution in [-0.2, 0) is 0 Å². The second kappa shape index (κ2) is 2.86. The average Bonchev–Trinajstić information content (AvgIpc) is 1.66. The van der Waals surface area contributed by atoms with Crippen LogP contribution in [0.4, 0.5) is 0 Å². The molecule has 3 heteroatoms. The van der Waals surface area contributed by atoms with Gasteiger partial charge in [-0.05, 0) is 27.7 Å². The van der Waals surface area contributed by atoms with E-state index in [0.29, 0.717) is 0 Å². The smallest absolute Gasteiger partial charge is 0.145 e. The topological polar surface area (TPSA) is 28.6 Å². The van der Waals surface area contributed by atoms with E-state index in [9.17, 15) is 0 Å². The van der Waals surface area contributed by atoms with E-state index < -0.39 is 0 Å². The van der Waals surface area contributed by atoms with E-state index in [2.05, 4.69) is 52.2 Å². The van der Waals surface area contributed by atoms with E-state index in [1.807, 2.05) is 0 Å². The third-order valence-corrected chi connectivity index (χ3v) is 2.97. The summed E-state index contributed by atoms with van der Waals surface area (Å²) in [6.07, 6.45) is 0. The molecule has 1 fully saturated rings. The molecule has 1 aliphatic rings. The zero-order valence-electron chi connectivity index (χ0n) is 8.96. The Morgan fingerprint density at radius 2 is 1.33 bits per heavy atom. The summed E-state index contributed by atoms with van der Waals surface area (Å²) in [7, 11) is 0. The molecule has 1 aliphatic heterocycles. The highest BCUT2D eigenvalue weighted by Gasteiger charge is 2.53. The van der Waals surface area contributed by atoms with Crippen LogP contribution in [0.5, 0.6) is 0 Å². The Labute approximate surface area is 81.9 Å². The molecule has 0 atom stereocenters. The van der Waals surface area contributed by atoms with Crippen LogP contribution in [-0.4, -0.2) is 16.7 Å². The monoisotopic (exact) mass is 192 g/mol. The average molecular weight is 193 g/mol. The van der Waals surface area contributed by atoms with Gasteiger partial charge >= 0.3 is 0 Å². The molecule has 74 valence electrons. The van der Waals surface area contributed by atoms with E-state index in [4.69, 9.17) is 0 Å². The third kappa shape index (κ3) is 1.93. The molecule has 0 radical (unpaired) electrons. The van der Waals surface area contributed by atoms with Crippen molar-refractivity contribution in [1.29, 1.82) is 0 Å². The number of hydrogen-bond acceptors (Lipinski definition) is 1. The number of halogens is 1. The molecule has 1 rings (SSSR count). The summed E-state index contributed by atoms with van der Waals surface area (Å²) in [5, 5.41) is 6.01. The highest BCUT2D eigenvalue weighted by atomic mass is 35.5. The van der Waals surface area contributed by atoms with Gasteiger partial charge in [-0.2, -0.15) is 0 Å². The van der Waals surface area contributed by atoms with Crippen molar-refractivity contribution in [1.82, 2.24) is 5.32 Å². The predicted octanol–water partition coefficient (Wildman–Crippen LogP) is -2.55. The summed E-state index contributed by atoms with van der Waals surface area (Å²) in [6.45, 7) is 13.5. The number of nitrogens with one attached hydrogen (secondary N) is 1. The Kier molecular flexibility index (Phi) is 2.91. The molecule has 12 heavy (non-hydrogen) atoms. The second-order valence-corrected chi connectivity index (χ2v) is 5.34. The van der Waals surface area contributed by atoms with Gasteiger partial charge < -0.3 is 17.7 Å². The van der Waals surface area contributed by atoms with Crippen molar-refractivity contribution in [3.05, 3.63) is 0 Å². The SMILES string of the molecule is CC1(C)NC(C)(C)C(C)(C)[NH2+]1.[Cl-]. The standard InChI is InChI=1S/C9H20N2.ClH/c1-7(2)8(3,4)11-9(5,6)10-7;/h10-11H,1-6H3;1H. The van der Waals surface area contributed by atoms with Gasteiger partial charge in [0.25, 0.3) is 0 Å². The maximum atomic E-state index is 3.60. The first-order valence-electron chi connectivity index (χ1n) is 4.33. The van der Waals surface area contributed by atoms with Crippen molar-refractivity contribution in [2.45, 2.75) is 58.3 Å².